The van der Waals surface area contributed by atoms with Gasteiger partial charge < -0.3 is 4.98 Å². The van der Waals surface area contributed by atoms with Gasteiger partial charge in [-0.3, -0.25) is 4.99 Å². The first-order valence-corrected chi connectivity index (χ1v) is 8.85. The molecule has 4 rings (SSSR count). The fourth-order valence-corrected chi connectivity index (χ4v) is 4.24. The van der Waals surface area contributed by atoms with Crippen molar-refractivity contribution in [2.24, 2.45) is 4.99 Å². The minimum absolute atomic E-state index is 1.02. The minimum Gasteiger partial charge on any atom is -0.358 e. The molecular formula is C20H19N3S. The van der Waals surface area contributed by atoms with Crippen LogP contribution in [-0.2, 0) is 0 Å². The van der Waals surface area contributed by atoms with Gasteiger partial charge in [-0.05, 0) is 63.1 Å². The number of fused-ring (bicyclic) bond motifs is 1. The van der Waals surface area contributed by atoms with Crippen molar-refractivity contribution in [3.63, 3.8) is 0 Å². The third-order valence-electron chi connectivity index (χ3n) is 4.23. The summed E-state index contributed by atoms with van der Waals surface area (Å²) in [5, 5.41) is 1.02. The highest BCUT2D eigenvalue weighted by atomic mass is 32.1. The summed E-state index contributed by atoms with van der Waals surface area (Å²) >= 11 is 1.72. The zero-order valence-electron chi connectivity index (χ0n) is 14.3. The summed E-state index contributed by atoms with van der Waals surface area (Å²) in [6.07, 6.45) is 2.13. The lowest BCUT2D eigenvalue weighted by molar-refractivity contribution is 1.20. The summed E-state index contributed by atoms with van der Waals surface area (Å²) in [6.45, 7) is 8.38. The van der Waals surface area contributed by atoms with Gasteiger partial charge in [0.2, 0.25) is 0 Å². The van der Waals surface area contributed by atoms with Crippen molar-refractivity contribution in [2.75, 3.05) is 0 Å². The van der Waals surface area contributed by atoms with Crippen LogP contribution in [0.25, 0.3) is 15.8 Å². The van der Waals surface area contributed by atoms with Gasteiger partial charge in [0.15, 0.2) is 0 Å². The van der Waals surface area contributed by atoms with Crippen LogP contribution in [0.5, 0.6) is 0 Å². The second-order valence-corrected chi connectivity index (χ2v) is 7.33. The molecule has 3 heterocycles. The van der Waals surface area contributed by atoms with E-state index in [9.17, 15) is 0 Å². The fourth-order valence-electron chi connectivity index (χ4n) is 3.23. The third-order valence-corrected chi connectivity index (χ3v) is 5.29. The van der Waals surface area contributed by atoms with Gasteiger partial charge >= 0.3 is 0 Å². The SMILES string of the molecule is CC1=CC(C)=N/C1=C(/c1nc2ccccc2s1)c1[nH]c(C)cc1C. The van der Waals surface area contributed by atoms with E-state index in [0.717, 1.165) is 38.9 Å². The number of aryl methyl sites for hydroxylation is 2. The molecule has 0 saturated heterocycles. The van der Waals surface area contributed by atoms with Gasteiger partial charge in [-0.1, -0.05) is 12.1 Å². The van der Waals surface area contributed by atoms with Crippen LogP contribution < -0.4 is 0 Å². The van der Waals surface area contributed by atoms with Crippen LogP contribution in [-0.4, -0.2) is 15.7 Å². The number of hydrogen-bond acceptors (Lipinski definition) is 3. The Morgan fingerprint density at radius 1 is 1.08 bits per heavy atom. The first-order valence-electron chi connectivity index (χ1n) is 8.03. The molecule has 3 nitrogen and oxygen atoms in total. The van der Waals surface area contributed by atoms with E-state index in [1.807, 2.05) is 13.0 Å². The zero-order chi connectivity index (χ0) is 16.8. The number of allylic oxidation sites excluding steroid dienone is 2. The lowest BCUT2D eigenvalue weighted by atomic mass is 10.0. The quantitative estimate of drug-likeness (QED) is 0.668. The lowest BCUT2D eigenvalue weighted by Gasteiger charge is -2.08. The van der Waals surface area contributed by atoms with Gasteiger partial charge in [0.05, 0.1) is 27.2 Å². The number of hydrogen-bond donors (Lipinski definition) is 1. The number of aromatic amines is 1. The van der Waals surface area contributed by atoms with Crippen molar-refractivity contribution >= 4 is 32.8 Å². The number of nitrogens with zero attached hydrogens (tertiary/aromatic N) is 2. The van der Waals surface area contributed by atoms with Crippen LogP contribution in [0.1, 0.15) is 35.8 Å². The summed E-state index contributed by atoms with van der Waals surface area (Å²) in [4.78, 5) is 13.2. The molecule has 0 fully saturated rings. The van der Waals surface area contributed by atoms with Crippen LogP contribution in [0.3, 0.4) is 0 Å². The van der Waals surface area contributed by atoms with E-state index in [4.69, 9.17) is 9.98 Å². The van der Waals surface area contributed by atoms with Crippen molar-refractivity contribution in [3.05, 3.63) is 69.6 Å². The Morgan fingerprint density at radius 3 is 2.50 bits per heavy atom. The Kier molecular flexibility index (Phi) is 3.50. The molecule has 1 aromatic carbocycles. The molecule has 0 atom stereocenters. The van der Waals surface area contributed by atoms with E-state index in [-0.39, 0.29) is 0 Å². The maximum absolute atomic E-state index is 4.89. The molecule has 0 unspecified atom stereocenters. The maximum atomic E-state index is 4.89. The first-order chi connectivity index (χ1) is 11.5. The predicted octanol–water partition coefficient (Wildman–Crippen LogP) is 5.42. The molecule has 24 heavy (non-hydrogen) atoms. The molecule has 0 aliphatic carbocycles. The van der Waals surface area contributed by atoms with Crippen LogP contribution in [0, 0.1) is 13.8 Å². The molecule has 2 aromatic heterocycles. The molecule has 120 valence electrons. The normalized spacial score (nSPS) is 16.5. The number of rotatable bonds is 2. The predicted molar refractivity (Wildman–Crippen MR) is 103 cm³/mol. The molecule has 0 bridgehead atoms. The number of nitrogens with one attached hydrogen (secondary N) is 1. The largest absolute Gasteiger partial charge is 0.358 e. The second-order valence-electron chi connectivity index (χ2n) is 6.30. The number of aliphatic imine (C=N–C) groups is 1. The molecule has 4 heteroatoms. The molecule has 1 N–H and O–H groups in total. The summed E-state index contributed by atoms with van der Waals surface area (Å²) in [5.41, 5.74) is 8.90. The topological polar surface area (TPSA) is 41.0 Å². The van der Waals surface area contributed by atoms with Crippen LogP contribution >= 0.6 is 11.3 Å². The van der Waals surface area contributed by atoms with Gasteiger partial charge in [0.25, 0.3) is 0 Å². The first kappa shape index (κ1) is 15.1. The molecule has 1 aliphatic heterocycles. The van der Waals surface area contributed by atoms with E-state index < -0.39 is 0 Å². The van der Waals surface area contributed by atoms with Gasteiger partial charge in [-0.2, -0.15) is 0 Å². The smallest absolute Gasteiger partial charge is 0.128 e. The molecular weight excluding hydrogens is 314 g/mol. The van der Waals surface area contributed by atoms with Crippen LogP contribution in [0.2, 0.25) is 0 Å². The molecule has 0 spiro atoms. The monoisotopic (exact) mass is 333 g/mol. The standard InChI is InChI=1S/C20H19N3S/c1-11-9-13(3)21-18(11)17(19-12(2)10-14(4)22-19)20-23-15-7-5-6-8-16(15)24-20/h5-10,21H,1-4H3/b19-17+. The summed E-state index contributed by atoms with van der Waals surface area (Å²) in [6, 6.07) is 10.5. The number of thiazole rings is 1. The third kappa shape index (κ3) is 2.43. The van der Waals surface area contributed by atoms with Gasteiger partial charge in [0, 0.05) is 11.4 Å². The fraction of sp³-hybridized carbons (Fsp3) is 0.200. The highest BCUT2D eigenvalue weighted by Crippen LogP contribution is 2.38. The molecule has 1 aliphatic rings. The van der Waals surface area contributed by atoms with Crippen LogP contribution in [0.15, 0.2) is 52.7 Å². The Morgan fingerprint density at radius 2 is 1.88 bits per heavy atom. The zero-order valence-corrected chi connectivity index (χ0v) is 15.1. The number of H-pyrrole nitrogens is 1. The number of para-hydroxylation sites is 1. The number of benzene rings is 1. The van der Waals surface area contributed by atoms with E-state index >= 15 is 0 Å². The Hall–Kier alpha value is -2.46. The van der Waals surface area contributed by atoms with E-state index in [0.29, 0.717) is 0 Å². The lowest BCUT2D eigenvalue weighted by Crippen LogP contribution is -1.95. The highest BCUT2D eigenvalue weighted by Gasteiger charge is 2.22. The summed E-state index contributed by atoms with van der Waals surface area (Å²) in [5.74, 6) is 0. The Balaban J connectivity index is 2.03. The second kappa shape index (κ2) is 5.56. The summed E-state index contributed by atoms with van der Waals surface area (Å²) in [7, 11) is 0. The van der Waals surface area contributed by atoms with Crippen molar-refractivity contribution in [3.8, 4) is 0 Å². The van der Waals surface area contributed by atoms with Crippen molar-refractivity contribution in [2.45, 2.75) is 27.7 Å². The highest BCUT2D eigenvalue weighted by molar-refractivity contribution is 7.19. The van der Waals surface area contributed by atoms with Gasteiger partial charge in [-0.15, -0.1) is 11.3 Å². The van der Waals surface area contributed by atoms with E-state index in [2.05, 4.69) is 56.1 Å². The van der Waals surface area contributed by atoms with Crippen LogP contribution in [0.4, 0.5) is 0 Å². The van der Waals surface area contributed by atoms with Gasteiger partial charge in [0.1, 0.15) is 5.01 Å². The van der Waals surface area contributed by atoms with Crippen molar-refractivity contribution in [1.82, 2.24) is 9.97 Å². The van der Waals surface area contributed by atoms with Crippen molar-refractivity contribution < 1.29 is 0 Å². The summed E-state index contributed by atoms with van der Waals surface area (Å²) < 4.78 is 1.20. The molecule has 3 aromatic rings. The average molecular weight is 333 g/mol. The molecule has 0 saturated carbocycles. The Bertz CT molecular complexity index is 1010. The minimum atomic E-state index is 1.02. The number of aromatic nitrogens is 2. The van der Waals surface area contributed by atoms with Crippen molar-refractivity contribution in [1.29, 1.82) is 0 Å². The van der Waals surface area contributed by atoms with Gasteiger partial charge in [-0.25, -0.2) is 4.98 Å². The molecule has 0 radical (unpaired) electrons. The Labute approximate surface area is 145 Å². The van der Waals surface area contributed by atoms with E-state index in [1.165, 1.54) is 15.8 Å². The maximum Gasteiger partial charge on any atom is 0.128 e. The van der Waals surface area contributed by atoms with E-state index in [1.54, 1.807) is 11.3 Å². The molecule has 0 amide bonds. The average Bonchev–Trinajstić information content (AvgIpc) is 3.18.